The van der Waals surface area contributed by atoms with Crippen LogP contribution in [0, 0.1) is 5.92 Å². The van der Waals surface area contributed by atoms with E-state index < -0.39 is 0 Å². The highest BCUT2D eigenvalue weighted by Crippen LogP contribution is 2.21. The van der Waals surface area contributed by atoms with Gasteiger partial charge in [-0.25, -0.2) is 0 Å². The Morgan fingerprint density at radius 3 is 2.73 bits per heavy atom. The first-order valence-corrected chi connectivity index (χ1v) is 5.89. The van der Waals surface area contributed by atoms with Gasteiger partial charge in [0.2, 0.25) is 0 Å². The molecule has 0 aromatic heterocycles. The standard InChI is InChI=1S/C11H24N2O2/c1-3-11(15)9-6-10(12-2)8-13(7-9)4-5-14/h9-12,14-15H,3-8H2,1-2H3. The Hall–Kier alpha value is -0.160. The molecule has 0 aliphatic carbocycles. The fourth-order valence-electron chi connectivity index (χ4n) is 2.38. The number of aliphatic hydroxyl groups excluding tert-OH is 2. The summed E-state index contributed by atoms with van der Waals surface area (Å²) in [5.74, 6) is 0.341. The molecule has 3 unspecified atom stereocenters. The smallest absolute Gasteiger partial charge is 0.0578 e. The van der Waals surface area contributed by atoms with Crippen molar-refractivity contribution < 1.29 is 10.2 Å². The zero-order valence-corrected chi connectivity index (χ0v) is 9.82. The average molecular weight is 216 g/mol. The zero-order valence-electron chi connectivity index (χ0n) is 9.82. The van der Waals surface area contributed by atoms with E-state index in [-0.39, 0.29) is 12.7 Å². The Kier molecular flexibility index (Phi) is 5.53. The summed E-state index contributed by atoms with van der Waals surface area (Å²) >= 11 is 0. The molecule has 0 aromatic carbocycles. The number of nitrogens with one attached hydrogen (secondary N) is 1. The third-order valence-electron chi connectivity index (χ3n) is 3.35. The van der Waals surface area contributed by atoms with Crippen molar-refractivity contribution in [3.8, 4) is 0 Å². The van der Waals surface area contributed by atoms with Gasteiger partial charge in [-0.2, -0.15) is 0 Å². The van der Waals surface area contributed by atoms with Crippen molar-refractivity contribution in [3.05, 3.63) is 0 Å². The van der Waals surface area contributed by atoms with Crippen LogP contribution in [-0.2, 0) is 0 Å². The van der Waals surface area contributed by atoms with Crippen LogP contribution in [0.3, 0.4) is 0 Å². The number of likely N-dealkylation sites (N-methyl/N-ethyl adjacent to an activating group) is 1. The van der Waals surface area contributed by atoms with Gasteiger partial charge < -0.3 is 15.5 Å². The molecule has 90 valence electrons. The van der Waals surface area contributed by atoms with Gasteiger partial charge in [0.25, 0.3) is 0 Å². The molecule has 1 aliphatic rings. The molecule has 1 saturated heterocycles. The molecule has 1 heterocycles. The largest absolute Gasteiger partial charge is 0.395 e. The molecule has 0 bridgehead atoms. The number of likely N-dealkylation sites (tertiary alicyclic amines) is 1. The molecule has 3 N–H and O–H groups in total. The quantitative estimate of drug-likeness (QED) is 0.588. The van der Waals surface area contributed by atoms with Gasteiger partial charge in [0.15, 0.2) is 0 Å². The second-order valence-electron chi connectivity index (χ2n) is 4.44. The van der Waals surface area contributed by atoms with Gasteiger partial charge in [0.05, 0.1) is 12.7 Å². The summed E-state index contributed by atoms with van der Waals surface area (Å²) in [4.78, 5) is 2.23. The molecule has 1 aliphatic heterocycles. The second-order valence-corrected chi connectivity index (χ2v) is 4.44. The summed E-state index contributed by atoms with van der Waals surface area (Å²) in [7, 11) is 1.96. The second kappa shape index (κ2) is 6.43. The maximum absolute atomic E-state index is 9.87. The van der Waals surface area contributed by atoms with Gasteiger partial charge in [-0.05, 0) is 25.8 Å². The number of β-amino-alcohol motifs (C(OH)–C–C–N with tert-alkyl or cyclic N) is 1. The lowest BCUT2D eigenvalue weighted by molar-refractivity contribution is 0.0312. The molecular formula is C11H24N2O2. The lowest BCUT2D eigenvalue weighted by Gasteiger charge is -2.39. The van der Waals surface area contributed by atoms with Gasteiger partial charge in [-0.1, -0.05) is 6.92 Å². The minimum absolute atomic E-state index is 0.200. The van der Waals surface area contributed by atoms with E-state index in [1.54, 1.807) is 0 Å². The van der Waals surface area contributed by atoms with Crippen LogP contribution in [0.5, 0.6) is 0 Å². The van der Waals surface area contributed by atoms with Crippen LogP contribution < -0.4 is 5.32 Å². The van der Waals surface area contributed by atoms with E-state index >= 15 is 0 Å². The van der Waals surface area contributed by atoms with E-state index in [9.17, 15) is 5.11 Å². The number of rotatable bonds is 5. The number of hydrogen-bond acceptors (Lipinski definition) is 4. The molecule has 0 radical (unpaired) electrons. The minimum Gasteiger partial charge on any atom is -0.395 e. The Labute approximate surface area is 92.3 Å². The molecule has 0 saturated carbocycles. The Bertz CT molecular complexity index is 178. The summed E-state index contributed by atoms with van der Waals surface area (Å²) < 4.78 is 0. The highest BCUT2D eigenvalue weighted by atomic mass is 16.3. The first-order chi connectivity index (χ1) is 7.21. The van der Waals surface area contributed by atoms with E-state index in [1.165, 1.54) is 0 Å². The van der Waals surface area contributed by atoms with Crippen molar-refractivity contribution in [2.24, 2.45) is 5.92 Å². The monoisotopic (exact) mass is 216 g/mol. The van der Waals surface area contributed by atoms with Crippen molar-refractivity contribution in [2.75, 3.05) is 33.3 Å². The summed E-state index contributed by atoms with van der Waals surface area (Å²) in [5.41, 5.74) is 0. The highest BCUT2D eigenvalue weighted by molar-refractivity contribution is 4.85. The van der Waals surface area contributed by atoms with Gasteiger partial charge in [0.1, 0.15) is 0 Å². The molecule has 0 spiro atoms. The molecule has 3 atom stereocenters. The summed E-state index contributed by atoms with van der Waals surface area (Å²) in [6.45, 7) is 4.82. The molecule has 0 amide bonds. The maximum Gasteiger partial charge on any atom is 0.0578 e. The Balaban J connectivity index is 2.50. The van der Waals surface area contributed by atoms with Gasteiger partial charge in [-0.15, -0.1) is 0 Å². The third-order valence-corrected chi connectivity index (χ3v) is 3.35. The summed E-state index contributed by atoms with van der Waals surface area (Å²) in [5, 5.41) is 22.1. The highest BCUT2D eigenvalue weighted by Gasteiger charge is 2.29. The predicted molar refractivity (Wildman–Crippen MR) is 60.8 cm³/mol. The molecule has 1 fully saturated rings. The van der Waals surface area contributed by atoms with Crippen LogP contribution in [-0.4, -0.2) is 60.5 Å². The number of hydrogen-bond donors (Lipinski definition) is 3. The fourth-order valence-corrected chi connectivity index (χ4v) is 2.38. The number of piperidine rings is 1. The van der Waals surface area contributed by atoms with E-state index in [1.807, 2.05) is 14.0 Å². The van der Waals surface area contributed by atoms with E-state index in [0.29, 0.717) is 18.5 Å². The summed E-state index contributed by atoms with van der Waals surface area (Å²) in [6.07, 6.45) is 1.64. The molecule has 15 heavy (non-hydrogen) atoms. The Morgan fingerprint density at radius 1 is 1.47 bits per heavy atom. The van der Waals surface area contributed by atoms with Crippen LogP contribution in [0.15, 0.2) is 0 Å². The third kappa shape index (κ3) is 3.72. The molecule has 4 nitrogen and oxygen atoms in total. The van der Waals surface area contributed by atoms with Crippen LogP contribution in [0.25, 0.3) is 0 Å². The van der Waals surface area contributed by atoms with Crippen molar-refractivity contribution in [1.82, 2.24) is 10.2 Å². The first-order valence-electron chi connectivity index (χ1n) is 5.89. The normalized spacial score (nSPS) is 30.4. The minimum atomic E-state index is -0.206. The number of aliphatic hydroxyl groups is 2. The lowest BCUT2D eigenvalue weighted by Crippen LogP contribution is -2.51. The van der Waals surface area contributed by atoms with E-state index in [2.05, 4.69) is 10.2 Å². The van der Waals surface area contributed by atoms with Crippen LogP contribution >= 0.6 is 0 Å². The van der Waals surface area contributed by atoms with Crippen LogP contribution in [0.1, 0.15) is 19.8 Å². The van der Waals surface area contributed by atoms with Crippen molar-refractivity contribution in [1.29, 1.82) is 0 Å². The molecule has 4 heteroatoms. The predicted octanol–water partition coefficient (Wildman–Crippen LogP) is -0.340. The van der Waals surface area contributed by atoms with Gasteiger partial charge in [0, 0.05) is 25.7 Å². The van der Waals surface area contributed by atoms with E-state index in [4.69, 9.17) is 5.11 Å². The lowest BCUT2D eigenvalue weighted by atomic mass is 9.88. The van der Waals surface area contributed by atoms with Gasteiger partial charge >= 0.3 is 0 Å². The summed E-state index contributed by atoms with van der Waals surface area (Å²) in [6, 6.07) is 0.441. The zero-order chi connectivity index (χ0) is 11.3. The SMILES string of the molecule is CCC(O)C1CC(NC)CN(CCO)C1. The topological polar surface area (TPSA) is 55.7 Å². The molecular weight excluding hydrogens is 192 g/mol. The molecule has 1 rings (SSSR count). The van der Waals surface area contributed by atoms with Crippen molar-refractivity contribution in [2.45, 2.75) is 31.9 Å². The van der Waals surface area contributed by atoms with Crippen LogP contribution in [0.4, 0.5) is 0 Å². The number of nitrogens with zero attached hydrogens (tertiary/aromatic N) is 1. The van der Waals surface area contributed by atoms with E-state index in [0.717, 1.165) is 25.9 Å². The average Bonchev–Trinajstić information content (AvgIpc) is 2.28. The van der Waals surface area contributed by atoms with Crippen molar-refractivity contribution in [3.63, 3.8) is 0 Å². The maximum atomic E-state index is 9.87. The van der Waals surface area contributed by atoms with Crippen LogP contribution in [0.2, 0.25) is 0 Å². The first kappa shape index (κ1) is 12.9. The fraction of sp³-hybridized carbons (Fsp3) is 1.00. The van der Waals surface area contributed by atoms with Crippen molar-refractivity contribution >= 4 is 0 Å². The Morgan fingerprint density at radius 2 is 2.20 bits per heavy atom. The molecule has 0 aromatic rings. The van der Waals surface area contributed by atoms with Gasteiger partial charge in [-0.3, -0.25) is 4.90 Å².